The summed E-state index contributed by atoms with van der Waals surface area (Å²) in [6, 6.07) is 18.7. The van der Waals surface area contributed by atoms with E-state index in [9.17, 15) is 4.79 Å². The van der Waals surface area contributed by atoms with Crippen LogP contribution in [-0.4, -0.2) is 10.8 Å². The van der Waals surface area contributed by atoms with Crippen molar-refractivity contribution < 1.29 is 9.21 Å². The van der Waals surface area contributed by atoms with Gasteiger partial charge in [0.05, 0.1) is 18.4 Å². The molecule has 0 aliphatic carbocycles. The summed E-state index contributed by atoms with van der Waals surface area (Å²) < 4.78 is 5.43. The van der Waals surface area contributed by atoms with Gasteiger partial charge in [0.25, 0.3) is 5.91 Å². The third-order valence-electron chi connectivity index (χ3n) is 4.13. The maximum Gasteiger partial charge on any atom is 0.258 e. The summed E-state index contributed by atoms with van der Waals surface area (Å²) >= 11 is 6.38. The Bertz CT molecular complexity index is 877. The number of carbonyl (C=O) groups is 1. The van der Waals surface area contributed by atoms with Gasteiger partial charge in [-0.2, -0.15) is 0 Å². The van der Waals surface area contributed by atoms with Gasteiger partial charge in [0.2, 0.25) is 0 Å². The molecule has 1 aliphatic heterocycles. The number of para-hydroxylation sites is 1. The zero-order chi connectivity index (χ0) is 16.5. The molecule has 3 aromatic rings. The van der Waals surface area contributed by atoms with E-state index in [4.69, 9.17) is 16.0 Å². The smallest absolute Gasteiger partial charge is 0.258 e. The summed E-state index contributed by atoms with van der Waals surface area (Å²) in [5, 5.41) is 4.04. The lowest BCUT2D eigenvalue weighted by molar-refractivity contribution is 0.0651. The van der Waals surface area contributed by atoms with Crippen LogP contribution in [0.4, 0.5) is 5.69 Å². The molecule has 120 valence electrons. The first-order valence-electron chi connectivity index (χ1n) is 7.67. The van der Waals surface area contributed by atoms with Gasteiger partial charge in [-0.15, -0.1) is 0 Å². The minimum atomic E-state index is -0.355. The molecule has 0 fully saturated rings. The highest BCUT2D eigenvalue weighted by atomic mass is 35.5. The molecule has 1 N–H and O–H groups in total. The third-order valence-corrected chi connectivity index (χ3v) is 4.47. The molecule has 1 atom stereocenters. The van der Waals surface area contributed by atoms with Crippen LogP contribution in [0.2, 0.25) is 5.02 Å². The number of nitrogens with zero attached hydrogens (tertiary/aromatic N) is 1. The molecular formula is C19H15ClN2O2. The van der Waals surface area contributed by atoms with Crippen LogP contribution in [0.15, 0.2) is 71.3 Å². The fourth-order valence-electron chi connectivity index (χ4n) is 2.97. The number of benzene rings is 2. The van der Waals surface area contributed by atoms with Crippen molar-refractivity contribution in [3.63, 3.8) is 0 Å². The SMILES string of the molecule is O=C1c2ccccc2N[C@H](c2ccccc2Cl)N1Cc1ccco1. The lowest BCUT2D eigenvalue weighted by Gasteiger charge is -2.38. The molecule has 1 aromatic heterocycles. The molecule has 1 amide bonds. The van der Waals surface area contributed by atoms with Crippen LogP contribution in [-0.2, 0) is 6.54 Å². The Morgan fingerprint density at radius 1 is 1.04 bits per heavy atom. The van der Waals surface area contributed by atoms with Gasteiger partial charge < -0.3 is 14.6 Å². The standard InChI is InChI=1S/C19H15ClN2O2/c20-16-9-3-1-7-14(16)18-21-17-10-4-2-8-15(17)19(23)22(18)12-13-6-5-11-24-13/h1-11,18,21H,12H2/t18-/m0/s1. The van der Waals surface area contributed by atoms with E-state index in [0.717, 1.165) is 17.0 Å². The van der Waals surface area contributed by atoms with Gasteiger partial charge in [-0.25, -0.2) is 0 Å². The van der Waals surface area contributed by atoms with Crippen molar-refractivity contribution in [1.29, 1.82) is 0 Å². The minimum absolute atomic E-state index is 0.0503. The van der Waals surface area contributed by atoms with Crippen molar-refractivity contribution in [3.8, 4) is 0 Å². The second-order valence-electron chi connectivity index (χ2n) is 5.63. The van der Waals surface area contributed by atoms with Crippen molar-refractivity contribution in [2.45, 2.75) is 12.7 Å². The van der Waals surface area contributed by atoms with E-state index in [1.165, 1.54) is 0 Å². The minimum Gasteiger partial charge on any atom is -0.467 e. The molecule has 5 heteroatoms. The Hall–Kier alpha value is -2.72. The van der Waals surface area contributed by atoms with Gasteiger partial charge in [0.1, 0.15) is 11.9 Å². The Kier molecular flexibility index (Phi) is 3.75. The van der Waals surface area contributed by atoms with Crippen LogP contribution in [0, 0.1) is 0 Å². The Morgan fingerprint density at radius 3 is 2.62 bits per heavy atom. The molecule has 0 radical (unpaired) electrons. The molecule has 4 nitrogen and oxygen atoms in total. The molecule has 2 aromatic carbocycles. The number of rotatable bonds is 3. The van der Waals surface area contributed by atoms with Crippen LogP contribution in [0.1, 0.15) is 27.8 Å². The first-order chi connectivity index (χ1) is 11.7. The zero-order valence-electron chi connectivity index (χ0n) is 12.8. The third kappa shape index (κ3) is 2.55. The number of hydrogen-bond acceptors (Lipinski definition) is 3. The number of anilines is 1. The predicted octanol–water partition coefficient (Wildman–Crippen LogP) is 4.70. The van der Waals surface area contributed by atoms with Crippen molar-refractivity contribution in [3.05, 3.63) is 88.8 Å². The molecule has 0 saturated carbocycles. The molecule has 0 spiro atoms. The monoisotopic (exact) mass is 338 g/mol. The maximum atomic E-state index is 13.0. The van der Waals surface area contributed by atoms with Crippen molar-refractivity contribution in [1.82, 2.24) is 4.90 Å². The van der Waals surface area contributed by atoms with Crippen LogP contribution in [0.5, 0.6) is 0 Å². The van der Waals surface area contributed by atoms with E-state index in [1.807, 2.05) is 60.7 Å². The number of fused-ring (bicyclic) bond motifs is 1. The molecular weight excluding hydrogens is 324 g/mol. The molecule has 2 heterocycles. The highest BCUT2D eigenvalue weighted by molar-refractivity contribution is 6.31. The lowest BCUT2D eigenvalue weighted by atomic mass is 10.0. The number of hydrogen-bond donors (Lipinski definition) is 1. The largest absolute Gasteiger partial charge is 0.467 e. The summed E-state index contributed by atoms with van der Waals surface area (Å²) in [7, 11) is 0. The second-order valence-corrected chi connectivity index (χ2v) is 6.03. The number of carbonyl (C=O) groups excluding carboxylic acids is 1. The predicted molar refractivity (Wildman–Crippen MR) is 92.8 cm³/mol. The van der Waals surface area contributed by atoms with Crippen molar-refractivity contribution in [2.24, 2.45) is 0 Å². The van der Waals surface area contributed by atoms with Crippen molar-refractivity contribution >= 4 is 23.2 Å². The van der Waals surface area contributed by atoms with E-state index >= 15 is 0 Å². The van der Waals surface area contributed by atoms with Gasteiger partial charge in [0.15, 0.2) is 0 Å². The highest BCUT2D eigenvalue weighted by Crippen LogP contribution is 2.36. The van der Waals surface area contributed by atoms with Crippen LogP contribution < -0.4 is 5.32 Å². The van der Waals surface area contributed by atoms with Crippen LogP contribution in [0.3, 0.4) is 0 Å². The Morgan fingerprint density at radius 2 is 1.83 bits per heavy atom. The quantitative estimate of drug-likeness (QED) is 0.753. The van der Waals surface area contributed by atoms with E-state index < -0.39 is 0 Å². The van der Waals surface area contributed by atoms with Gasteiger partial charge in [0, 0.05) is 16.3 Å². The lowest BCUT2D eigenvalue weighted by Crippen LogP contribution is -2.42. The van der Waals surface area contributed by atoms with E-state index in [2.05, 4.69) is 5.32 Å². The molecule has 0 bridgehead atoms. The Labute approximate surface area is 144 Å². The average molecular weight is 339 g/mol. The fraction of sp³-hybridized carbons (Fsp3) is 0.105. The molecule has 24 heavy (non-hydrogen) atoms. The summed E-state index contributed by atoms with van der Waals surface area (Å²) in [5.74, 6) is 0.673. The number of amides is 1. The number of nitrogens with one attached hydrogen (secondary N) is 1. The second kappa shape index (κ2) is 6.06. The van der Waals surface area contributed by atoms with Gasteiger partial charge in [-0.3, -0.25) is 4.79 Å². The van der Waals surface area contributed by atoms with E-state index in [0.29, 0.717) is 17.1 Å². The van der Waals surface area contributed by atoms with E-state index in [1.54, 1.807) is 11.2 Å². The van der Waals surface area contributed by atoms with Crippen molar-refractivity contribution in [2.75, 3.05) is 5.32 Å². The van der Waals surface area contributed by atoms with E-state index in [-0.39, 0.29) is 12.1 Å². The summed E-state index contributed by atoms with van der Waals surface area (Å²) in [6.07, 6.45) is 1.25. The van der Waals surface area contributed by atoms with Gasteiger partial charge >= 0.3 is 0 Å². The molecule has 4 rings (SSSR count). The van der Waals surface area contributed by atoms with Gasteiger partial charge in [-0.1, -0.05) is 41.9 Å². The summed E-state index contributed by atoms with van der Waals surface area (Å²) in [5.41, 5.74) is 2.31. The van der Waals surface area contributed by atoms with Crippen LogP contribution >= 0.6 is 11.6 Å². The molecule has 1 aliphatic rings. The zero-order valence-corrected chi connectivity index (χ0v) is 13.5. The Balaban J connectivity index is 1.79. The van der Waals surface area contributed by atoms with Gasteiger partial charge in [-0.05, 0) is 30.3 Å². The first-order valence-corrected chi connectivity index (χ1v) is 8.05. The first kappa shape index (κ1) is 14.8. The number of halogens is 1. The average Bonchev–Trinajstić information content (AvgIpc) is 3.11. The molecule has 0 unspecified atom stereocenters. The summed E-state index contributed by atoms with van der Waals surface area (Å²) in [6.45, 7) is 0.364. The highest BCUT2D eigenvalue weighted by Gasteiger charge is 2.34. The van der Waals surface area contributed by atoms with Crippen LogP contribution in [0.25, 0.3) is 0 Å². The fourth-order valence-corrected chi connectivity index (χ4v) is 3.21. The molecule has 0 saturated heterocycles. The number of furan rings is 1. The maximum absolute atomic E-state index is 13.0. The topological polar surface area (TPSA) is 45.5 Å². The summed E-state index contributed by atoms with van der Waals surface area (Å²) in [4.78, 5) is 14.8. The normalized spacial score (nSPS) is 16.6.